The average molecular weight is 279 g/mol. The zero-order chi connectivity index (χ0) is 14.5. The van der Waals surface area contributed by atoms with Crippen molar-refractivity contribution >= 4 is 11.9 Å². The number of hydrogen-bond donors (Lipinski definition) is 1. The second kappa shape index (κ2) is 4.74. The summed E-state index contributed by atoms with van der Waals surface area (Å²) in [5.74, 6) is 1.08. The van der Waals surface area contributed by atoms with Gasteiger partial charge in [0.2, 0.25) is 5.91 Å². The largest absolute Gasteiger partial charge is 0.481 e. The van der Waals surface area contributed by atoms with Gasteiger partial charge in [0.15, 0.2) is 0 Å². The van der Waals surface area contributed by atoms with Crippen LogP contribution in [0.2, 0.25) is 0 Å². The maximum absolute atomic E-state index is 12.7. The number of aliphatic carboxylic acids is 1. The molecule has 4 nitrogen and oxygen atoms in total. The molecule has 1 amide bonds. The van der Waals surface area contributed by atoms with Crippen molar-refractivity contribution in [2.45, 2.75) is 46.0 Å². The summed E-state index contributed by atoms with van der Waals surface area (Å²) >= 11 is 0. The summed E-state index contributed by atoms with van der Waals surface area (Å²) in [4.78, 5) is 26.2. The number of carbonyl (C=O) groups excluding carboxylic acids is 1. The number of rotatable bonds is 3. The number of carboxylic acids is 1. The molecule has 0 spiro atoms. The smallest absolute Gasteiger partial charge is 0.311 e. The molecule has 3 aliphatic rings. The van der Waals surface area contributed by atoms with Crippen molar-refractivity contribution < 1.29 is 14.7 Å². The van der Waals surface area contributed by atoms with Crippen LogP contribution < -0.4 is 0 Å². The lowest BCUT2D eigenvalue weighted by molar-refractivity contribution is -0.151. The Bertz CT molecular complexity index is 433. The predicted molar refractivity (Wildman–Crippen MR) is 75.0 cm³/mol. The first-order valence-electron chi connectivity index (χ1n) is 7.96. The molecule has 0 radical (unpaired) electrons. The van der Waals surface area contributed by atoms with Crippen LogP contribution in [0.1, 0.15) is 46.0 Å². The van der Waals surface area contributed by atoms with Crippen molar-refractivity contribution in [1.29, 1.82) is 0 Å². The fraction of sp³-hybridized carbons (Fsp3) is 0.875. The van der Waals surface area contributed by atoms with E-state index in [1.54, 1.807) is 0 Å². The first-order valence-corrected chi connectivity index (χ1v) is 7.96. The van der Waals surface area contributed by atoms with Crippen molar-refractivity contribution in [2.24, 2.45) is 29.1 Å². The Labute approximate surface area is 120 Å². The Hall–Kier alpha value is -1.06. The van der Waals surface area contributed by atoms with E-state index >= 15 is 0 Å². The maximum atomic E-state index is 12.7. The van der Waals surface area contributed by atoms with Crippen LogP contribution in [-0.4, -0.2) is 35.0 Å². The molecule has 4 atom stereocenters. The Kier molecular flexibility index (Phi) is 3.30. The van der Waals surface area contributed by atoms with E-state index in [-0.39, 0.29) is 17.7 Å². The SMILES string of the molecule is CC(C)C1(C(=O)O)CCN(C(=O)C2CC3CCC2C3)C1. The number of nitrogens with zero attached hydrogens (tertiary/aromatic N) is 1. The van der Waals surface area contributed by atoms with E-state index in [1.165, 1.54) is 19.3 Å². The summed E-state index contributed by atoms with van der Waals surface area (Å²) < 4.78 is 0. The summed E-state index contributed by atoms with van der Waals surface area (Å²) in [7, 11) is 0. The van der Waals surface area contributed by atoms with Gasteiger partial charge in [0.25, 0.3) is 0 Å². The van der Waals surface area contributed by atoms with Crippen LogP contribution in [0.4, 0.5) is 0 Å². The highest BCUT2D eigenvalue weighted by molar-refractivity contribution is 5.83. The second-order valence-electron chi connectivity index (χ2n) is 7.41. The minimum atomic E-state index is -0.740. The highest BCUT2D eigenvalue weighted by atomic mass is 16.4. The number of carboxylic acid groups (broad SMARTS) is 1. The first-order chi connectivity index (χ1) is 9.44. The van der Waals surface area contributed by atoms with Crippen LogP contribution in [-0.2, 0) is 9.59 Å². The van der Waals surface area contributed by atoms with Gasteiger partial charge in [-0.25, -0.2) is 0 Å². The third kappa shape index (κ3) is 1.95. The molecule has 1 saturated heterocycles. The molecule has 2 bridgehead atoms. The van der Waals surface area contributed by atoms with Crippen molar-refractivity contribution in [1.82, 2.24) is 4.90 Å². The van der Waals surface area contributed by atoms with Crippen molar-refractivity contribution in [3.63, 3.8) is 0 Å². The van der Waals surface area contributed by atoms with Crippen molar-refractivity contribution in [2.75, 3.05) is 13.1 Å². The molecule has 4 unspecified atom stereocenters. The molecule has 20 heavy (non-hydrogen) atoms. The van der Waals surface area contributed by atoms with E-state index in [4.69, 9.17) is 0 Å². The minimum Gasteiger partial charge on any atom is -0.481 e. The first kappa shape index (κ1) is 13.9. The molecule has 1 aliphatic heterocycles. The topological polar surface area (TPSA) is 57.6 Å². The van der Waals surface area contributed by atoms with Crippen LogP contribution in [0.5, 0.6) is 0 Å². The lowest BCUT2D eigenvalue weighted by Gasteiger charge is -2.30. The molecule has 4 heteroatoms. The summed E-state index contributed by atoms with van der Waals surface area (Å²) in [5.41, 5.74) is -0.729. The van der Waals surface area contributed by atoms with Gasteiger partial charge in [0.1, 0.15) is 0 Å². The monoisotopic (exact) mass is 279 g/mol. The van der Waals surface area contributed by atoms with Crippen LogP contribution in [0.3, 0.4) is 0 Å². The molecule has 0 aromatic rings. The summed E-state index contributed by atoms with van der Waals surface area (Å²) in [6.07, 6.45) is 5.36. The number of carbonyl (C=O) groups is 2. The number of hydrogen-bond acceptors (Lipinski definition) is 2. The Morgan fingerprint density at radius 1 is 1.25 bits per heavy atom. The minimum absolute atomic E-state index is 0.0674. The number of fused-ring (bicyclic) bond motifs is 2. The third-order valence-electron chi connectivity index (χ3n) is 6.20. The van der Waals surface area contributed by atoms with Gasteiger partial charge in [-0.05, 0) is 43.4 Å². The van der Waals surface area contributed by atoms with Crippen molar-refractivity contribution in [3.05, 3.63) is 0 Å². The van der Waals surface area contributed by atoms with Crippen LogP contribution in [0.25, 0.3) is 0 Å². The number of amides is 1. The molecule has 1 heterocycles. The quantitative estimate of drug-likeness (QED) is 0.863. The van der Waals surface area contributed by atoms with Gasteiger partial charge >= 0.3 is 5.97 Å². The molecule has 2 saturated carbocycles. The van der Waals surface area contributed by atoms with E-state index in [0.717, 1.165) is 12.3 Å². The Balaban J connectivity index is 1.70. The van der Waals surface area contributed by atoms with Gasteiger partial charge in [-0.2, -0.15) is 0 Å². The molecule has 112 valence electrons. The summed E-state index contributed by atoms with van der Waals surface area (Å²) in [6.45, 7) is 4.95. The Morgan fingerprint density at radius 3 is 2.45 bits per heavy atom. The standard InChI is InChI=1S/C16H25NO3/c1-10(2)16(15(19)20)5-6-17(9-16)14(18)13-8-11-3-4-12(13)7-11/h10-13H,3-9H2,1-2H3,(H,19,20). The molecule has 2 aliphatic carbocycles. The normalized spacial score (nSPS) is 39.8. The molecule has 1 N–H and O–H groups in total. The fourth-order valence-corrected chi connectivity index (χ4v) is 4.70. The Morgan fingerprint density at radius 2 is 2.00 bits per heavy atom. The van der Waals surface area contributed by atoms with Gasteiger partial charge in [0.05, 0.1) is 5.41 Å². The summed E-state index contributed by atoms with van der Waals surface area (Å²) in [6, 6.07) is 0. The van der Waals surface area contributed by atoms with E-state index in [1.807, 2.05) is 18.7 Å². The second-order valence-corrected chi connectivity index (χ2v) is 7.41. The van der Waals surface area contributed by atoms with Crippen molar-refractivity contribution in [3.8, 4) is 0 Å². The summed E-state index contributed by atoms with van der Waals surface area (Å²) in [5, 5.41) is 9.57. The maximum Gasteiger partial charge on any atom is 0.311 e. The van der Waals surface area contributed by atoms with Crippen LogP contribution in [0.15, 0.2) is 0 Å². The van der Waals surface area contributed by atoms with E-state index < -0.39 is 11.4 Å². The lowest BCUT2D eigenvalue weighted by Crippen LogP contribution is -2.42. The molecular weight excluding hydrogens is 254 g/mol. The zero-order valence-corrected chi connectivity index (χ0v) is 12.5. The van der Waals surface area contributed by atoms with Gasteiger partial charge < -0.3 is 10.0 Å². The van der Waals surface area contributed by atoms with Crippen LogP contribution in [0, 0.1) is 29.1 Å². The van der Waals surface area contributed by atoms with Crippen LogP contribution >= 0.6 is 0 Å². The fourth-order valence-electron chi connectivity index (χ4n) is 4.70. The van der Waals surface area contributed by atoms with E-state index in [0.29, 0.717) is 25.4 Å². The number of likely N-dealkylation sites (tertiary alicyclic amines) is 1. The van der Waals surface area contributed by atoms with E-state index in [2.05, 4.69) is 0 Å². The zero-order valence-electron chi connectivity index (χ0n) is 12.5. The molecule has 3 fully saturated rings. The highest BCUT2D eigenvalue weighted by Crippen LogP contribution is 2.49. The highest BCUT2D eigenvalue weighted by Gasteiger charge is 2.51. The molecule has 0 aromatic heterocycles. The van der Waals surface area contributed by atoms with Gasteiger partial charge in [-0.3, -0.25) is 9.59 Å². The molecule has 3 rings (SSSR count). The third-order valence-corrected chi connectivity index (χ3v) is 6.20. The van der Waals surface area contributed by atoms with Gasteiger partial charge in [0, 0.05) is 19.0 Å². The average Bonchev–Trinajstić information content (AvgIpc) is 3.12. The molecule has 0 aromatic carbocycles. The predicted octanol–water partition coefficient (Wildman–Crippen LogP) is 2.38. The van der Waals surface area contributed by atoms with Gasteiger partial charge in [-0.1, -0.05) is 20.3 Å². The molecular formula is C16H25NO3. The van der Waals surface area contributed by atoms with E-state index in [9.17, 15) is 14.7 Å². The van der Waals surface area contributed by atoms with Gasteiger partial charge in [-0.15, -0.1) is 0 Å². The lowest BCUT2D eigenvalue weighted by atomic mass is 9.76.